The molecular formula is C14H19F2N3S. The molecule has 0 bridgehead atoms. The zero-order valence-electron chi connectivity index (χ0n) is 11.6. The Morgan fingerprint density at radius 1 is 1.40 bits per heavy atom. The molecule has 1 saturated heterocycles. The number of hydrogen-bond donors (Lipinski definition) is 2. The van der Waals surface area contributed by atoms with Crippen molar-refractivity contribution in [3.63, 3.8) is 0 Å². The summed E-state index contributed by atoms with van der Waals surface area (Å²) in [5.74, 6) is -1.31. The number of nitrogens with two attached hydrogens (primary N) is 1. The van der Waals surface area contributed by atoms with Crippen LogP contribution in [0.4, 0.5) is 14.5 Å². The maximum absolute atomic E-state index is 14.0. The van der Waals surface area contributed by atoms with Gasteiger partial charge in [0.15, 0.2) is 0 Å². The number of benzene rings is 1. The van der Waals surface area contributed by atoms with Gasteiger partial charge in [0.05, 0.1) is 0 Å². The molecule has 0 saturated carbocycles. The van der Waals surface area contributed by atoms with Gasteiger partial charge >= 0.3 is 0 Å². The van der Waals surface area contributed by atoms with Gasteiger partial charge in [-0.1, -0.05) is 12.2 Å². The van der Waals surface area contributed by atoms with E-state index in [2.05, 4.69) is 24.2 Å². The Bertz CT molecular complexity index is 498. The molecule has 1 aromatic carbocycles. The maximum Gasteiger partial charge on any atom is 0.150 e. The zero-order chi connectivity index (χ0) is 14.9. The summed E-state index contributed by atoms with van der Waals surface area (Å²) >= 11 is 4.73. The summed E-state index contributed by atoms with van der Waals surface area (Å²) < 4.78 is 27.9. The first-order valence-electron chi connectivity index (χ1n) is 6.64. The van der Waals surface area contributed by atoms with Crippen molar-refractivity contribution in [1.82, 2.24) is 4.90 Å². The maximum atomic E-state index is 14.0. The van der Waals surface area contributed by atoms with Gasteiger partial charge in [-0.15, -0.1) is 0 Å². The predicted octanol–water partition coefficient (Wildman–Crippen LogP) is 2.49. The van der Waals surface area contributed by atoms with Crippen LogP contribution in [0.3, 0.4) is 0 Å². The third kappa shape index (κ3) is 3.24. The van der Waals surface area contributed by atoms with E-state index in [9.17, 15) is 8.78 Å². The monoisotopic (exact) mass is 299 g/mol. The molecular weight excluding hydrogens is 280 g/mol. The van der Waals surface area contributed by atoms with E-state index in [-0.39, 0.29) is 22.3 Å². The Labute approximate surface area is 123 Å². The minimum atomic E-state index is -0.653. The summed E-state index contributed by atoms with van der Waals surface area (Å²) in [6.45, 7) is 3.02. The first-order valence-corrected chi connectivity index (χ1v) is 7.05. The van der Waals surface area contributed by atoms with Gasteiger partial charge in [0, 0.05) is 24.2 Å². The quantitative estimate of drug-likeness (QED) is 0.842. The van der Waals surface area contributed by atoms with E-state index in [0.717, 1.165) is 19.4 Å². The largest absolute Gasteiger partial charge is 0.389 e. The lowest BCUT2D eigenvalue weighted by Gasteiger charge is -2.35. The van der Waals surface area contributed by atoms with Gasteiger partial charge < -0.3 is 16.0 Å². The Balaban J connectivity index is 2.16. The van der Waals surface area contributed by atoms with Crippen LogP contribution in [-0.4, -0.2) is 35.6 Å². The van der Waals surface area contributed by atoms with Gasteiger partial charge in [0.1, 0.15) is 22.3 Å². The lowest BCUT2D eigenvalue weighted by Crippen LogP contribution is -2.42. The van der Waals surface area contributed by atoms with Crippen molar-refractivity contribution in [3.8, 4) is 0 Å². The number of piperidine rings is 1. The van der Waals surface area contributed by atoms with Crippen molar-refractivity contribution in [2.24, 2.45) is 5.73 Å². The van der Waals surface area contributed by atoms with E-state index >= 15 is 0 Å². The van der Waals surface area contributed by atoms with Gasteiger partial charge in [-0.3, -0.25) is 0 Å². The van der Waals surface area contributed by atoms with Crippen molar-refractivity contribution < 1.29 is 8.78 Å². The van der Waals surface area contributed by atoms with Crippen molar-refractivity contribution >= 4 is 22.9 Å². The van der Waals surface area contributed by atoms with Gasteiger partial charge in [0.25, 0.3) is 0 Å². The normalized spacial score (nSPS) is 23.6. The molecule has 1 aliphatic heterocycles. The van der Waals surface area contributed by atoms with Crippen molar-refractivity contribution in [3.05, 3.63) is 29.3 Å². The van der Waals surface area contributed by atoms with Crippen LogP contribution in [0.25, 0.3) is 0 Å². The number of likely N-dealkylation sites (tertiary alicyclic amines) is 1. The Morgan fingerprint density at radius 2 is 2.00 bits per heavy atom. The van der Waals surface area contributed by atoms with Crippen molar-refractivity contribution in [2.75, 3.05) is 18.9 Å². The minimum Gasteiger partial charge on any atom is -0.389 e. The molecule has 0 aromatic heterocycles. The number of nitrogens with zero attached hydrogens (tertiary/aromatic N) is 1. The molecule has 3 N–H and O–H groups in total. The fourth-order valence-electron chi connectivity index (χ4n) is 2.48. The minimum absolute atomic E-state index is 0.0118. The molecule has 2 rings (SSSR count). The van der Waals surface area contributed by atoms with Crippen LogP contribution in [0.1, 0.15) is 25.3 Å². The number of hydrogen-bond acceptors (Lipinski definition) is 3. The number of thiocarbonyl (C=S) groups is 1. The molecule has 6 heteroatoms. The topological polar surface area (TPSA) is 41.3 Å². The standard InChI is InChI=1S/C14H19F2N3S/c1-8-5-10(3-4-19(8)2)18-13-11(15)6-9(14(17)20)7-12(13)16/h6-8,10,18H,3-5H2,1-2H3,(H2,17,20). The molecule has 0 radical (unpaired) electrons. The molecule has 1 fully saturated rings. The molecule has 2 unspecified atom stereocenters. The van der Waals surface area contributed by atoms with Crippen LogP contribution < -0.4 is 11.1 Å². The number of anilines is 1. The highest BCUT2D eigenvalue weighted by atomic mass is 32.1. The molecule has 0 aliphatic carbocycles. The molecule has 0 amide bonds. The van der Waals surface area contributed by atoms with Gasteiger partial charge in [-0.25, -0.2) is 8.78 Å². The molecule has 1 heterocycles. The lowest BCUT2D eigenvalue weighted by atomic mass is 9.98. The van der Waals surface area contributed by atoms with Crippen LogP contribution in [0.15, 0.2) is 12.1 Å². The summed E-state index contributed by atoms with van der Waals surface area (Å²) in [6.07, 6.45) is 1.71. The van der Waals surface area contributed by atoms with Crippen molar-refractivity contribution in [2.45, 2.75) is 31.8 Å². The van der Waals surface area contributed by atoms with E-state index < -0.39 is 11.6 Å². The summed E-state index contributed by atoms with van der Waals surface area (Å²) in [7, 11) is 2.05. The summed E-state index contributed by atoms with van der Waals surface area (Å²) in [6, 6.07) is 2.81. The fraction of sp³-hybridized carbons (Fsp3) is 0.500. The average Bonchev–Trinajstić information content (AvgIpc) is 2.37. The van der Waals surface area contributed by atoms with Crippen LogP contribution in [0, 0.1) is 11.6 Å². The first kappa shape index (κ1) is 15.1. The third-order valence-electron chi connectivity index (χ3n) is 3.88. The average molecular weight is 299 g/mol. The van der Waals surface area contributed by atoms with Crippen LogP contribution in [0.5, 0.6) is 0 Å². The van der Waals surface area contributed by atoms with Gasteiger partial charge in [0.2, 0.25) is 0 Å². The van der Waals surface area contributed by atoms with Crippen LogP contribution in [0.2, 0.25) is 0 Å². The molecule has 3 nitrogen and oxygen atoms in total. The van der Waals surface area contributed by atoms with E-state index in [1.165, 1.54) is 12.1 Å². The SMILES string of the molecule is CC1CC(Nc2c(F)cc(C(N)=S)cc2F)CCN1C. The Hall–Kier alpha value is -1.27. The highest BCUT2D eigenvalue weighted by Gasteiger charge is 2.24. The van der Waals surface area contributed by atoms with Gasteiger partial charge in [-0.2, -0.15) is 0 Å². The number of rotatable bonds is 3. The number of nitrogens with one attached hydrogen (secondary N) is 1. The highest BCUT2D eigenvalue weighted by molar-refractivity contribution is 7.80. The van der Waals surface area contributed by atoms with E-state index in [1.54, 1.807) is 0 Å². The molecule has 1 aromatic rings. The van der Waals surface area contributed by atoms with Crippen LogP contribution >= 0.6 is 12.2 Å². The smallest absolute Gasteiger partial charge is 0.150 e. The molecule has 0 spiro atoms. The molecule has 1 aliphatic rings. The van der Waals surface area contributed by atoms with E-state index in [1.807, 2.05) is 0 Å². The summed E-state index contributed by atoms with van der Waals surface area (Å²) in [5, 5.41) is 2.97. The summed E-state index contributed by atoms with van der Waals surface area (Å²) in [5.41, 5.74) is 5.51. The van der Waals surface area contributed by atoms with Crippen LogP contribution in [-0.2, 0) is 0 Å². The van der Waals surface area contributed by atoms with Crippen molar-refractivity contribution in [1.29, 1.82) is 0 Å². The third-order valence-corrected chi connectivity index (χ3v) is 4.12. The van der Waals surface area contributed by atoms with Gasteiger partial charge in [-0.05, 0) is 38.9 Å². The van der Waals surface area contributed by atoms with E-state index in [4.69, 9.17) is 18.0 Å². The molecule has 2 atom stereocenters. The highest BCUT2D eigenvalue weighted by Crippen LogP contribution is 2.25. The second kappa shape index (κ2) is 6.01. The second-order valence-corrected chi connectivity index (χ2v) is 5.81. The molecule has 20 heavy (non-hydrogen) atoms. The predicted molar refractivity (Wildman–Crippen MR) is 81.0 cm³/mol. The fourth-order valence-corrected chi connectivity index (χ4v) is 2.60. The molecule has 110 valence electrons. The summed E-state index contributed by atoms with van der Waals surface area (Å²) in [4.78, 5) is 2.23. The Morgan fingerprint density at radius 3 is 2.50 bits per heavy atom. The first-order chi connectivity index (χ1) is 9.38. The Kier molecular flexibility index (Phi) is 4.55. The zero-order valence-corrected chi connectivity index (χ0v) is 12.4. The lowest BCUT2D eigenvalue weighted by molar-refractivity contribution is 0.190. The second-order valence-electron chi connectivity index (χ2n) is 5.37. The van der Waals surface area contributed by atoms with E-state index in [0.29, 0.717) is 6.04 Å². The number of halogens is 2.